The van der Waals surface area contributed by atoms with Gasteiger partial charge in [-0.25, -0.2) is 0 Å². The van der Waals surface area contributed by atoms with Gasteiger partial charge in [0.25, 0.3) is 0 Å². The van der Waals surface area contributed by atoms with Gasteiger partial charge in [-0.05, 0) is 74.5 Å². The molecule has 1 fully saturated rings. The van der Waals surface area contributed by atoms with Crippen molar-refractivity contribution in [3.63, 3.8) is 0 Å². The van der Waals surface area contributed by atoms with E-state index in [0.717, 1.165) is 18.2 Å². The van der Waals surface area contributed by atoms with Crippen molar-refractivity contribution in [2.75, 3.05) is 33.3 Å². The summed E-state index contributed by atoms with van der Waals surface area (Å²) in [5, 5.41) is 3.78. The number of rotatable bonds is 6. The summed E-state index contributed by atoms with van der Waals surface area (Å²) < 4.78 is 5.37. The average molecular weight is 288 g/mol. The van der Waals surface area contributed by atoms with Gasteiger partial charge in [-0.3, -0.25) is 0 Å². The third-order valence-corrected chi connectivity index (χ3v) is 4.91. The molecular weight excluding hydrogens is 260 g/mol. The highest BCUT2D eigenvalue weighted by Crippen LogP contribution is 2.33. The number of ether oxygens (including phenoxy) is 1. The Bertz CT molecular complexity index is 468. The van der Waals surface area contributed by atoms with Gasteiger partial charge in [-0.2, -0.15) is 0 Å². The second kappa shape index (κ2) is 6.80. The molecule has 0 saturated carbocycles. The van der Waals surface area contributed by atoms with Crippen LogP contribution in [0.2, 0.25) is 0 Å². The quantitative estimate of drug-likeness (QED) is 0.871. The van der Waals surface area contributed by atoms with Crippen LogP contribution in [-0.4, -0.2) is 38.2 Å². The molecule has 0 bridgehead atoms. The second-order valence-electron chi connectivity index (χ2n) is 6.68. The largest absolute Gasteiger partial charge is 0.497 e. The number of benzene rings is 1. The van der Waals surface area contributed by atoms with Crippen LogP contribution < -0.4 is 10.1 Å². The lowest BCUT2D eigenvalue weighted by atomic mass is 10.1. The number of nitrogens with one attached hydrogen (secondary N) is 1. The van der Waals surface area contributed by atoms with Crippen LogP contribution in [-0.2, 0) is 6.42 Å². The van der Waals surface area contributed by atoms with E-state index in [2.05, 4.69) is 35.3 Å². The van der Waals surface area contributed by atoms with Crippen molar-refractivity contribution in [1.82, 2.24) is 10.2 Å². The van der Waals surface area contributed by atoms with Crippen molar-refractivity contribution in [1.29, 1.82) is 0 Å². The first-order chi connectivity index (χ1) is 10.3. The number of hydrogen-bond acceptors (Lipinski definition) is 3. The Morgan fingerprint density at radius 2 is 2.14 bits per heavy atom. The summed E-state index contributed by atoms with van der Waals surface area (Å²) >= 11 is 0. The van der Waals surface area contributed by atoms with Gasteiger partial charge >= 0.3 is 0 Å². The molecule has 21 heavy (non-hydrogen) atoms. The summed E-state index contributed by atoms with van der Waals surface area (Å²) in [6, 6.07) is 7.03. The maximum atomic E-state index is 5.37. The summed E-state index contributed by atoms with van der Waals surface area (Å²) in [6.07, 6.45) is 5.18. The topological polar surface area (TPSA) is 24.5 Å². The van der Waals surface area contributed by atoms with Gasteiger partial charge in [0.2, 0.25) is 0 Å². The Kier molecular flexibility index (Phi) is 4.81. The van der Waals surface area contributed by atoms with Crippen molar-refractivity contribution >= 4 is 0 Å². The molecular formula is C18H28N2O. The number of fused-ring (bicyclic) bond motifs is 1. The Morgan fingerprint density at radius 3 is 2.90 bits per heavy atom. The zero-order chi connectivity index (χ0) is 14.7. The summed E-state index contributed by atoms with van der Waals surface area (Å²) in [4.78, 5) is 2.61. The molecule has 116 valence electrons. The van der Waals surface area contributed by atoms with Gasteiger partial charge in [0.15, 0.2) is 0 Å². The van der Waals surface area contributed by atoms with Crippen LogP contribution >= 0.6 is 0 Å². The number of nitrogens with zero attached hydrogens (tertiary/aromatic N) is 1. The summed E-state index contributed by atoms with van der Waals surface area (Å²) in [6.45, 7) is 7.32. The number of aryl methyl sites for hydroxylation is 1. The minimum atomic E-state index is 0.510. The zero-order valence-corrected chi connectivity index (χ0v) is 13.4. The van der Waals surface area contributed by atoms with Gasteiger partial charge < -0.3 is 15.0 Å². The van der Waals surface area contributed by atoms with Crippen LogP contribution in [0.15, 0.2) is 18.2 Å². The predicted octanol–water partition coefficient (Wildman–Crippen LogP) is 3.00. The van der Waals surface area contributed by atoms with Crippen molar-refractivity contribution in [3.8, 4) is 5.75 Å². The molecule has 0 radical (unpaired) electrons. The van der Waals surface area contributed by atoms with Crippen molar-refractivity contribution < 1.29 is 4.74 Å². The van der Waals surface area contributed by atoms with Gasteiger partial charge in [-0.1, -0.05) is 13.0 Å². The van der Waals surface area contributed by atoms with E-state index in [9.17, 15) is 0 Å². The predicted molar refractivity (Wildman–Crippen MR) is 86.9 cm³/mol. The van der Waals surface area contributed by atoms with E-state index >= 15 is 0 Å². The van der Waals surface area contributed by atoms with Crippen LogP contribution in [0.3, 0.4) is 0 Å². The van der Waals surface area contributed by atoms with Crippen LogP contribution in [0.1, 0.15) is 43.4 Å². The molecule has 1 aliphatic heterocycles. The Hall–Kier alpha value is -1.06. The Morgan fingerprint density at radius 1 is 1.33 bits per heavy atom. The fraction of sp³-hybridized carbons (Fsp3) is 0.667. The normalized spacial score (nSPS) is 23.2. The molecule has 2 aliphatic rings. The summed E-state index contributed by atoms with van der Waals surface area (Å²) in [5.41, 5.74) is 2.93. The molecule has 3 nitrogen and oxygen atoms in total. The highest BCUT2D eigenvalue weighted by Gasteiger charge is 2.23. The summed E-state index contributed by atoms with van der Waals surface area (Å²) in [5.74, 6) is 1.70. The first kappa shape index (κ1) is 14.9. The van der Waals surface area contributed by atoms with Crippen LogP contribution in [0.4, 0.5) is 0 Å². The highest BCUT2D eigenvalue weighted by atomic mass is 16.5. The van der Waals surface area contributed by atoms with Crippen molar-refractivity contribution in [2.24, 2.45) is 5.92 Å². The highest BCUT2D eigenvalue weighted by molar-refractivity contribution is 5.40. The molecule has 2 unspecified atom stereocenters. The molecule has 3 heteroatoms. The molecule has 1 aromatic rings. The molecule has 0 amide bonds. The minimum absolute atomic E-state index is 0.510. The van der Waals surface area contributed by atoms with Crippen molar-refractivity contribution in [2.45, 2.75) is 38.6 Å². The lowest BCUT2D eigenvalue weighted by Crippen LogP contribution is -2.32. The third-order valence-electron chi connectivity index (χ3n) is 4.91. The SMILES string of the molecule is COc1ccc2c(c1)C(NCC(C)CN1CCCC1)CC2. The fourth-order valence-corrected chi connectivity index (χ4v) is 3.73. The molecule has 0 aromatic heterocycles. The van der Waals surface area contributed by atoms with Crippen LogP contribution in [0, 0.1) is 5.92 Å². The third kappa shape index (κ3) is 3.58. The molecule has 1 heterocycles. The van der Waals surface area contributed by atoms with Crippen LogP contribution in [0.25, 0.3) is 0 Å². The maximum Gasteiger partial charge on any atom is 0.119 e. The maximum absolute atomic E-state index is 5.37. The van der Waals surface area contributed by atoms with Crippen molar-refractivity contribution in [3.05, 3.63) is 29.3 Å². The van der Waals surface area contributed by atoms with Crippen LogP contribution in [0.5, 0.6) is 5.75 Å². The average Bonchev–Trinajstić information content (AvgIpc) is 3.14. The smallest absolute Gasteiger partial charge is 0.119 e. The second-order valence-corrected chi connectivity index (χ2v) is 6.68. The first-order valence-electron chi connectivity index (χ1n) is 8.39. The minimum Gasteiger partial charge on any atom is -0.497 e. The molecule has 0 spiro atoms. The summed E-state index contributed by atoms with van der Waals surface area (Å²) in [7, 11) is 1.75. The van der Waals surface area contributed by atoms with Gasteiger partial charge in [-0.15, -0.1) is 0 Å². The molecule has 2 atom stereocenters. The molecule has 1 saturated heterocycles. The number of likely N-dealkylation sites (tertiary alicyclic amines) is 1. The van der Waals surface area contributed by atoms with E-state index in [-0.39, 0.29) is 0 Å². The first-order valence-corrected chi connectivity index (χ1v) is 8.39. The molecule has 1 N–H and O–H groups in total. The number of hydrogen-bond donors (Lipinski definition) is 1. The number of methoxy groups -OCH3 is 1. The van der Waals surface area contributed by atoms with E-state index in [0.29, 0.717) is 6.04 Å². The molecule has 3 rings (SSSR count). The lowest BCUT2D eigenvalue weighted by molar-refractivity contribution is 0.277. The van der Waals surface area contributed by atoms with Gasteiger partial charge in [0.1, 0.15) is 5.75 Å². The Balaban J connectivity index is 1.52. The van der Waals surface area contributed by atoms with E-state index in [1.807, 2.05) is 0 Å². The van der Waals surface area contributed by atoms with E-state index in [1.54, 1.807) is 7.11 Å². The van der Waals surface area contributed by atoms with E-state index < -0.39 is 0 Å². The standard InChI is InChI=1S/C18H28N2O/c1-14(13-20-9-3-4-10-20)12-19-18-8-6-15-5-7-16(21-2)11-17(15)18/h5,7,11,14,18-19H,3-4,6,8-10,12-13H2,1-2H3. The zero-order valence-electron chi connectivity index (χ0n) is 13.4. The van der Waals surface area contributed by atoms with E-state index in [1.165, 1.54) is 56.4 Å². The fourth-order valence-electron chi connectivity index (χ4n) is 3.73. The monoisotopic (exact) mass is 288 g/mol. The van der Waals surface area contributed by atoms with Gasteiger partial charge in [0, 0.05) is 12.6 Å². The molecule has 1 aliphatic carbocycles. The Labute approximate surface area is 128 Å². The van der Waals surface area contributed by atoms with Gasteiger partial charge in [0.05, 0.1) is 7.11 Å². The van der Waals surface area contributed by atoms with E-state index in [4.69, 9.17) is 4.74 Å². The molecule has 1 aromatic carbocycles. The lowest BCUT2D eigenvalue weighted by Gasteiger charge is -2.23.